The quantitative estimate of drug-likeness (QED) is 0.167. The number of amides is 1. The molecule has 4 N–H and O–H groups in total. The van der Waals surface area contributed by atoms with E-state index < -0.39 is 33.7 Å². The molecule has 0 unspecified atom stereocenters. The fraction of sp³-hybridized carbons (Fsp3) is 0.290. The maximum absolute atomic E-state index is 13.6. The molecule has 0 saturated heterocycles. The Labute approximate surface area is 244 Å². The number of anilines is 1. The van der Waals surface area contributed by atoms with Gasteiger partial charge >= 0.3 is 5.63 Å². The molecule has 4 rings (SSSR count). The molecule has 0 aliphatic carbocycles. The van der Waals surface area contributed by atoms with Gasteiger partial charge in [0, 0.05) is 30.2 Å². The molecule has 0 aliphatic heterocycles. The number of benzene rings is 3. The second-order valence-electron chi connectivity index (χ2n) is 10.5. The largest absolute Gasteiger partial charge is 0.497 e. The highest BCUT2D eigenvalue weighted by Crippen LogP contribution is 2.22. The molecule has 0 bridgehead atoms. The van der Waals surface area contributed by atoms with E-state index in [1.54, 1.807) is 18.2 Å². The van der Waals surface area contributed by atoms with Crippen molar-refractivity contribution in [3.05, 3.63) is 100 Å². The van der Waals surface area contributed by atoms with Crippen molar-refractivity contribution in [1.82, 2.24) is 9.62 Å². The number of aliphatic hydroxyl groups excluding tert-OH is 1. The van der Waals surface area contributed by atoms with Crippen LogP contribution in [-0.2, 0) is 16.4 Å². The molecule has 2 atom stereocenters. The number of carbonyl (C=O) groups is 1. The number of ether oxygens (including phenoxy) is 1. The average Bonchev–Trinajstić information content (AvgIpc) is 2.96. The van der Waals surface area contributed by atoms with E-state index in [4.69, 9.17) is 14.9 Å². The monoisotopic (exact) mass is 593 g/mol. The van der Waals surface area contributed by atoms with Gasteiger partial charge < -0.3 is 25.3 Å². The van der Waals surface area contributed by atoms with Crippen LogP contribution in [0.15, 0.2) is 93.0 Å². The summed E-state index contributed by atoms with van der Waals surface area (Å²) in [5.41, 5.74) is 6.13. The Morgan fingerprint density at radius 1 is 1.02 bits per heavy atom. The summed E-state index contributed by atoms with van der Waals surface area (Å²) in [6.07, 6.45) is -1.14. The molecule has 11 heteroatoms. The zero-order chi connectivity index (χ0) is 30.4. The topological polar surface area (TPSA) is 152 Å². The Morgan fingerprint density at radius 3 is 2.36 bits per heavy atom. The van der Waals surface area contributed by atoms with Gasteiger partial charge in [-0.05, 0) is 60.4 Å². The molecule has 1 aromatic heterocycles. The lowest BCUT2D eigenvalue weighted by Gasteiger charge is -2.30. The lowest BCUT2D eigenvalue weighted by molar-refractivity contribution is 0.0773. The van der Waals surface area contributed by atoms with Crippen molar-refractivity contribution in [2.75, 3.05) is 25.9 Å². The Kier molecular flexibility index (Phi) is 9.66. The molecule has 0 fully saturated rings. The van der Waals surface area contributed by atoms with Gasteiger partial charge in [0.2, 0.25) is 10.0 Å². The molecule has 1 heterocycles. The molecular weight excluding hydrogens is 558 g/mol. The Hall–Kier alpha value is -4.19. The van der Waals surface area contributed by atoms with Crippen LogP contribution in [0.2, 0.25) is 0 Å². The summed E-state index contributed by atoms with van der Waals surface area (Å²) in [7, 11) is -2.51. The second kappa shape index (κ2) is 13.2. The van der Waals surface area contributed by atoms with E-state index in [-0.39, 0.29) is 41.5 Å². The number of carbonyl (C=O) groups excluding carboxylic acids is 1. The minimum Gasteiger partial charge on any atom is -0.497 e. The van der Waals surface area contributed by atoms with Crippen LogP contribution in [0.5, 0.6) is 5.75 Å². The van der Waals surface area contributed by atoms with E-state index >= 15 is 0 Å². The fourth-order valence-corrected chi connectivity index (χ4v) is 6.20. The highest BCUT2D eigenvalue weighted by molar-refractivity contribution is 7.89. The standard InChI is InChI=1S/C31H35N3O7S/c1-20(2)18-34(42(38,39)25-13-10-23(32)11-14-25)19-28(35)27(15-21-7-5-4-6-8-21)33-30(36)26-16-22-9-12-24(40-3)17-29(22)41-31(26)37/h4-14,16-17,20,27-28,35H,15,18-19,32H2,1-3H3,(H,33,36)/t27-,28+/m0/s1. The van der Waals surface area contributed by atoms with Gasteiger partial charge in [-0.25, -0.2) is 13.2 Å². The summed E-state index contributed by atoms with van der Waals surface area (Å²) in [6, 6.07) is 20.4. The first-order valence-corrected chi connectivity index (χ1v) is 14.9. The summed E-state index contributed by atoms with van der Waals surface area (Å²) >= 11 is 0. The molecule has 0 saturated carbocycles. The molecular formula is C31H35N3O7S. The lowest BCUT2D eigenvalue weighted by Crippen LogP contribution is -2.51. The minimum absolute atomic E-state index is 0.0404. The van der Waals surface area contributed by atoms with Crippen LogP contribution in [0.3, 0.4) is 0 Å². The molecule has 3 aromatic carbocycles. The van der Waals surface area contributed by atoms with Crippen molar-refractivity contribution in [3.8, 4) is 5.75 Å². The van der Waals surface area contributed by atoms with Gasteiger partial charge in [0.15, 0.2) is 0 Å². The van der Waals surface area contributed by atoms with E-state index in [0.717, 1.165) is 5.56 Å². The maximum atomic E-state index is 13.6. The average molecular weight is 594 g/mol. The van der Waals surface area contributed by atoms with Crippen molar-refractivity contribution >= 4 is 32.6 Å². The Morgan fingerprint density at radius 2 is 1.71 bits per heavy atom. The van der Waals surface area contributed by atoms with Crippen LogP contribution in [0.4, 0.5) is 5.69 Å². The molecule has 0 spiro atoms. The third kappa shape index (κ3) is 7.35. The van der Waals surface area contributed by atoms with E-state index in [1.807, 2.05) is 44.2 Å². The summed E-state index contributed by atoms with van der Waals surface area (Å²) in [5, 5.41) is 14.7. The number of nitrogen functional groups attached to an aromatic ring is 1. The molecule has 10 nitrogen and oxygen atoms in total. The minimum atomic E-state index is -4.00. The van der Waals surface area contributed by atoms with Crippen LogP contribution in [0.1, 0.15) is 29.8 Å². The highest BCUT2D eigenvalue weighted by Gasteiger charge is 2.32. The second-order valence-corrected chi connectivity index (χ2v) is 12.4. The number of rotatable bonds is 12. The van der Waals surface area contributed by atoms with Crippen LogP contribution in [0, 0.1) is 5.92 Å². The summed E-state index contributed by atoms with van der Waals surface area (Å²) in [5.74, 6) is -0.309. The third-order valence-electron chi connectivity index (χ3n) is 6.74. The first-order valence-electron chi connectivity index (χ1n) is 13.5. The Balaban J connectivity index is 1.64. The zero-order valence-corrected chi connectivity index (χ0v) is 24.5. The molecule has 0 aliphatic rings. The third-order valence-corrected chi connectivity index (χ3v) is 8.59. The Bertz CT molecular complexity index is 1690. The first-order chi connectivity index (χ1) is 20.0. The number of methoxy groups -OCH3 is 1. The van der Waals surface area contributed by atoms with Crippen molar-refractivity contribution in [2.45, 2.75) is 37.3 Å². The van der Waals surface area contributed by atoms with Crippen molar-refractivity contribution in [3.63, 3.8) is 0 Å². The number of aliphatic hydroxyl groups is 1. The van der Waals surface area contributed by atoms with Gasteiger partial charge in [-0.2, -0.15) is 4.31 Å². The molecule has 42 heavy (non-hydrogen) atoms. The van der Waals surface area contributed by atoms with Gasteiger partial charge in [-0.3, -0.25) is 4.79 Å². The molecule has 0 radical (unpaired) electrons. The lowest BCUT2D eigenvalue weighted by atomic mass is 10.00. The number of nitrogens with zero attached hydrogens (tertiary/aromatic N) is 1. The number of nitrogens with two attached hydrogens (primary N) is 1. The van der Waals surface area contributed by atoms with Gasteiger partial charge in [0.1, 0.15) is 16.9 Å². The summed E-state index contributed by atoms with van der Waals surface area (Å²) in [6.45, 7) is 3.58. The van der Waals surface area contributed by atoms with E-state index in [0.29, 0.717) is 16.8 Å². The smallest absolute Gasteiger partial charge is 0.349 e. The van der Waals surface area contributed by atoms with Crippen LogP contribution in [0.25, 0.3) is 11.0 Å². The summed E-state index contributed by atoms with van der Waals surface area (Å²) in [4.78, 5) is 26.2. The van der Waals surface area contributed by atoms with Crippen molar-refractivity contribution in [1.29, 1.82) is 0 Å². The first kappa shape index (κ1) is 30.8. The maximum Gasteiger partial charge on any atom is 0.349 e. The van der Waals surface area contributed by atoms with E-state index in [9.17, 15) is 23.1 Å². The number of hydrogen-bond donors (Lipinski definition) is 3. The summed E-state index contributed by atoms with van der Waals surface area (Å²) < 4.78 is 38.9. The predicted octanol–water partition coefficient (Wildman–Crippen LogP) is 3.43. The number of hydrogen-bond acceptors (Lipinski definition) is 8. The normalized spacial score (nSPS) is 13.3. The van der Waals surface area contributed by atoms with Gasteiger partial charge in [-0.1, -0.05) is 44.2 Å². The molecule has 222 valence electrons. The zero-order valence-electron chi connectivity index (χ0n) is 23.7. The van der Waals surface area contributed by atoms with Crippen LogP contribution < -0.4 is 21.4 Å². The highest BCUT2D eigenvalue weighted by atomic mass is 32.2. The van der Waals surface area contributed by atoms with Gasteiger partial charge in [0.05, 0.1) is 24.2 Å². The molecule has 1 amide bonds. The molecule has 4 aromatic rings. The van der Waals surface area contributed by atoms with Gasteiger partial charge in [-0.15, -0.1) is 0 Å². The predicted molar refractivity (Wildman–Crippen MR) is 161 cm³/mol. The SMILES string of the molecule is COc1ccc2cc(C(=O)N[C@@H](Cc3ccccc3)[C@H](O)CN(CC(C)C)S(=O)(=O)c3ccc(N)cc3)c(=O)oc2c1. The van der Waals surface area contributed by atoms with Crippen molar-refractivity contribution in [2.24, 2.45) is 5.92 Å². The van der Waals surface area contributed by atoms with E-state index in [2.05, 4.69) is 5.32 Å². The van der Waals surface area contributed by atoms with E-state index in [1.165, 1.54) is 41.7 Å². The fourth-order valence-electron chi connectivity index (χ4n) is 4.58. The number of nitrogens with one attached hydrogen (secondary N) is 1. The van der Waals surface area contributed by atoms with Crippen LogP contribution >= 0.6 is 0 Å². The number of sulfonamides is 1. The number of fused-ring (bicyclic) bond motifs is 1. The van der Waals surface area contributed by atoms with Gasteiger partial charge in [0.25, 0.3) is 5.91 Å². The van der Waals surface area contributed by atoms with Crippen LogP contribution in [-0.4, -0.2) is 56.1 Å². The van der Waals surface area contributed by atoms with Crippen molar-refractivity contribution < 1.29 is 27.5 Å².